The lowest BCUT2D eigenvalue weighted by Crippen LogP contribution is -2.35. The minimum absolute atomic E-state index is 0.228. The molecule has 1 aromatic carbocycles. The molecule has 18 heavy (non-hydrogen) atoms. The number of nitrogens with one attached hydrogen (secondary N) is 1. The fourth-order valence-electron chi connectivity index (χ4n) is 1.74. The van der Waals surface area contributed by atoms with Crippen LogP contribution in [-0.2, 0) is 0 Å². The molecule has 3 nitrogen and oxygen atoms in total. The zero-order valence-electron chi connectivity index (χ0n) is 11.9. The van der Waals surface area contributed by atoms with Gasteiger partial charge in [0, 0.05) is 12.6 Å². The van der Waals surface area contributed by atoms with Crippen LogP contribution in [0.25, 0.3) is 0 Å². The lowest BCUT2D eigenvalue weighted by molar-refractivity contribution is 0.183. The van der Waals surface area contributed by atoms with Crippen LogP contribution in [0.5, 0.6) is 11.5 Å². The molecule has 0 aliphatic carbocycles. The van der Waals surface area contributed by atoms with Gasteiger partial charge in [0.1, 0.15) is 17.6 Å². The van der Waals surface area contributed by atoms with Gasteiger partial charge >= 0.3 is 0 Å². The normalized spacial score (nSPS) is 12.5. The summed E-state index contributed by atoms with van der Waals surface area (Å²) in [4.78, 5) is 0. The first-order chi connectivity index (χ1) is 8.65. The highest BCUT2D eigenvalue weighted by Crippen LogP contribution is 2.19. The van der Waals surface area contributed by atoms with Gasteiger partial charge in [-0.25, -0.2) is 0 Å². The van der Waals surface area contributed by atoms with Gasteiger partial charge < -0.3 is 14.8 Å². The molecule has 0 amide bonds. The van der Waals surface area contributed by atoms with Gasteiger partial charge in [0.25, 0.3) is 0 Å². The van der Waals surface area contributed by atoms with Gasteiger partial charge in [-0.3, -0.25) is 0 Å². The third kappa shape index (κ3) is 5.41. The minimum Gasteiger partial charge on any atom is -0.497 e. The second kappa shape index (κ2) is 7.98. The topological polar surface area (TPSA) is 30.5 Å². The number of rotatable bonds is 8. The van der Waals surface area contributed by atoms with Crippen molar-refractivity contribution in [2.45, 2.75) is 45.8 Å². The number of ether oxygens (including phenoxy) is 2. The lowest BCUT2D eigenvalue weighted by atomic mass is 10.2. The molecule has 0 bridgehead atoms. The third-order valence-corrected chi connectivity index (χ3v) is 2.73. The summed E-state index contributed by atoms with van der Waals surface area (Å²) < 4.78 is 11.1. The Balaban J connectivity index is 2.52. The Kier molecular flexibility index (Phi) is 6.58. The van der Waals surface area contributed by atoms with Gasteiger partial charge in [-0.15, -0.1) is 0 Å². The Morgan fingerprint density at radius 3 is 2.22 bits per heavy atom. The second-order valence-corrected chi connectivity index (χ2v) is 4.77. The van der Waals surface area contributed by atoms with Crippen molar-refractivity contribution in [3.63, 3.8) is 0 Å². The number of hydrogen-bond acceptors (Lipinski definition) is 3. The number of benzene rings is 1. The van der Waals surface area contributed by atoms with Crippen LogP contribution >= 0.6 is 0 Å². The van der Waals surface area contributed by atoms with Crippen LogP contribution in [0.1, 0.15) is 33.6 Å². The van der Waals surface area contributed by atoms with Crippen molar-refractivity contribution in [2.24, 2.45) is 0 Å². The Bertz CT molecular complexity index is 322. The van der Waals surface area contributed by atoms with E-state index in [0.29, 0.717) is 6.04 Å². The quantitative estimate of drug-likeness (QED) is 0.769. The largest absolute Gasteiger partial charge is 0.497 e. The first kappa shape index (κ1) is 14.8. The van der Waals surface area contributed by atoms with E-state index < -0.39 is 0 Å². The van der Waals surface area contributed by atoms with E-state index in [-0.39, 0.29) is 6.10 Å². The molecule has 1 unspecified atom stereocenters. The van der Waals surface area contributed by atoms with Crippen LogP contribution < -0.4 is 14.8 Å². The Morgan fingerprint density at radius 1 is 1.11 bits per heavy atom. The smallest absolute Gasteiger partial charge is 0.120 e. The molecule has 1 rings (SSSR count). The molecule has 0 fully saturated rings. The lowest BCUT2D eigenvalue weighted by Gasteiger charge is -2.20. The Morgan fingerprint density at radius 2 is 1.72 bits per heavy atom. The maximum Gasteiger partial charge on any atom is 0.120 e. The van der Waals surface area contributed by atoms with Crippen LogP contribution in [0, 0.1) is 0 Å². The highest BCUT2D eigenvalue weighted by Gasteiger charge is 2.10. The summed E-state index contributed by atoms with van der Waals surface area (Å²) >= 11 is 0. The molecule has 1 aromatic rings. The van der Waals surface area contributed by atoms with E-state index in [1.54, 1.807) is 7.11 Å². The van der Waals surface area contributed by atoms with E-state index >= 15 is 0 Å². The second-order valence-electron chi connectivity index (χ2n) is 4.77. The zero-order valence-corrected chi connectivity index (χ0v) is 11.9. The number of hydrogen-bond donors (Lipinski definition) is 1. The minimum atomic E-state index is 0.228. The van der Waals surface area contributed by atoms with Gasteiger partial charge in [0.2, 0.25) is 0 Å². The predicted octanol–water partition coefficient (Wildman–Crippen LogP) is 3.24. The van der Waals surface area contributed by atoms with Crippen molar-refractivity contribution in [1.82, 2.24) is 5.32 Å². The molecule has 0 aliphatic rings. The van der Waals surface area contributed by atoms with E-state index in [1.807, 2.05) is 24.3 Å². The van der Waals surface area contributed by atoms with Crippen LogP contribution in [0.2, 0.25) is 0 Å². The molecule has 1 N–H and O–H groups in total. The maximum atomic E-state index is 5.99. The van der Waals surface area contributed by atoms with Gasteiger partial charge in [0.05, 0.1) is 7.11 Å². The monoisotopic (exact) mass is 251 g/mol. The summed E-state index contributed by atoms with van der Waals surface area (Å²) in [5, 5.41) is 3.42. The van der Waals surface area contributed by atoms with Crippen LogP contribution in [0.15, 0.2) is 24.3 Å². The van der Waals surface area contributed by atoms with Crippen LogP contribution in [0.3, 0.4) is 0 Å². The van der Waals surface area contributed by atoms with Gasteiger partial charge in [-0.05, 0) is 30.7 Å². The molecule has 0 radical (unpaired) electrons. The standard InChI is InChI=1S/C15H25NO2/c1-5-6-15(11-16-12(2)3)18-14-9-7-13(17-4)8-10-14/h7-10,12,15-16H,5-6,11H2,1-4H3. The molecule has 0 spiro atoms. The summed E-state index contributed by atoms with van der Waals surface area (Å²) in [6.07, 6.45) is 2.41. The summed E-state index contributed by atoms with van der Waals surface area (Å²) in [5.74, 6) is 1.76. The first-order valence-corrected chi connectivity index (χ1v) is 6.69. The van der Waals surface area contributed by atoms with Crippen molar-refractivity contribution in [1.29, 1.82) is 0 Å². The molecule has 3 heteroatoms. The van der Waals surface area contributed by atoms with Crippen molar-refractivity contribution >= 4 is 0 Å². The van der Waals surface area contributed by atoms with Crippen molar-refractivity contribution < 1.29 is 9.47 Å². The molecule has 0 aromatic heterocycles. The summed E-state index contributed by atoms with van der Waals surface area (Å²) in [6.45, 7) is 7.37. The molecular formula is C15H25NO2. The van der Waals surface area contributed by atoms with E-state index in [9.17, 15) is 0 Å². The molecule has 0 aliphatic heterocycles. The molecule has 0 heterocycles. The molecule has 0 saturated heterocycles. The van der Waals surface area contributed by atoms with Crippen LogP contribution in [-0.4, -0.2) is 25.8 Å². The van der Waals surface area contributed by atoms with Gasteiger partial charge in [-0.2, -0.15) is 0 Å². The summed E-state index contributed by atoms with van der Waals surface area (Å²) in [5.41, 5.74) is 0. The number of methoxy groups -OCH3 is 1. The average Bonchev–Trinajstić information content (AvgIpc) is 2.37. The van der Waals surface area contributed by atoms with E-state index in [1.165, 1.54) is 0 Å². The van der Waals surface area contributed by atoms with Crippen molar-refractivity contribution in [2.75, 3.05) is 13.7 Å². The van der Waals surface area contributed by atoms with Crippen molar-refractivity contribution in [3.8, 4) is 11.5 Å². The SMILES string of the molecule is CCCC(CNC(C)C)Oc1ccc(OC)cc1. The summed E-state index contributed by atoms with van der Waals surface area (Å²) in [7, 11) is 1.67. The Hall–Kier alpha value is -1.22. The molecular weight excluding hydrogens is 226 g/mol. The maximum absolute atomic E-state index is 5.99. The van der Waals surface area contributed by atoms with Crippen LogP contribution in [0.4, 0.5) is 0 Å². The average molecular weight is 251 g/mol. The first-order valence-electron chi connectivity index (χ1n) is 6.69. The third-order valence-electron chi connectivity index (χ3n) is 2.73. The Labute approximate surface area is 110 Å². The molecule has 102 valence electrons. The van der Waals surface area contributed by atoms with E-state index in [4.69, 9.17) is 9.47 Å². The fraction of sp³-hybridized carbons (Fsp3) is 0.600. The van der Waals surface area contributed by atoms with Gasteiger partial charge in [-0.1, -0.05) is 27.2 Å². The predicted molar refractivity (Wildman–Crippen MR) is 75.5 cm³/mol. The fourth-order valence-corrected chi connectivity index (χ4v) is 1.74. The highest BCUT2D eigenvalue weighted by molar-refractivity contribution is 5.31. The highest BCUT2D eigenvalue weighted by atomic mass is 16.5. The summed E-state index contributed by atoms with van der Waals surface area (Å²) in [6, 6.07) is 8.25. The van der Waals surface area contributed by atoms with Gasteiger partial charge in [0.15, 0.2) is 0 Å². The molecule has 0 saturated carbocycles. The molecule has 1 atom stereocenters. The van der Waals surface area contributed by atoms with E-state index in [0.717, 1.165) is 30.9 Å². The van der Waals surface area contributed by atoms with E-state index in [2.05, 4.69) is 26.1 Å². The zero-order chi connectivity index (χ0) is 13.4. The van der Waals surface area contributed by atoms with Crippen molar-refractivity contribution in [3.05, 3.63) is 24.3 Å².